The van der Waals surface area contributed by atoms with Gasteiger partial charge in [0.25, 0.3) is 0 Å². The molecule has 5 nitrogen and oxygen atoms in total. The first-order valence-electron chi connectivity index (χ1n) is 10.1. The van der Waals surface area contributed by atoms with Crippen molar-refractivity contribution >= 4 is 21.8 Å². The van der Waals surface area contributed by atoms with Gasteiger partial charge in [0, 0.05) is 48.3 Å². The Morgan fingerprint density at radius 2 is 1.96 bits per heavy atom. The Balaban J connectivity index is 1.55. The zero-order chi connectivity index (χ0) is 18.9. The Labute approximate surface area is 164 Å². The van der Waals surface area contributed by atoms with Gasteiger partial charge in [-0.25, -0.2) is 0 Å². The van der Waals surface area contributed by atoms with Crippen LogP contribution in [0, 0.1) is 0 Å². The number of nitrogens with one attached hydrogen (secondary N) is 1. The molecule has 5 heteroatoms. The average molecular weight is 371 g/mol. The third-order valence-corrected chi connectivity index (χ3v) is 5.88. The molecule has 0 unspecified atom stereocenters. The summed E-state index contributed by atoms with van der Waals surface area (Å²) < 4.78 is 0. The third kappa shape index (κ3) is 2.97. The molecule has 1 aliphatic carbocycles. The van der Waals surface area contributed by atoms with Crippen molar-refractivity contribution in [2.45, 2.75) is 31.8 Å². The standard InChI is InChI=1S/C23H25N5/c24-11-14-28(21-9-3-5-16-6-4-12-26-22(16)21)15-20-23-18(10-13-25-20)17-7-1-2-8-19(17)27-23/h1-2,4,6-8,10,12-13,21,27H,3,5,9,11,14-15,24H2/t21-/m0/s1. The Morgan fingerprint density at radius 3 is 2.89 bits per heavy atom. The molecular weight excluding hydrogens is 346 g/mol. The smallest absolute Gasteiger partial charge is 0.0784 e. The summed E-state index contributed by atoms with van der Waals surface area (Å²) >= 11 is 0. The van der Waals surface area contributed by atoms with E-state index in [1.165, 1.54) is 28.5 Å². The molecule has 0 saturated heterocycles. The number of nitrogens with zero attached hydrogens (tertiary/aromatic N) is 3. The number of aromatic amines is 1. The number of hydrogen-bond donors (Lipinski definition) is 2. The molecule has 0 fully saturated rings. The number of nitrogens with two attached hydrogens (primary N) is 1. The highest BCUT2D eigenvalue weighted by Gasteiger charge is 2.27. The molecule has 0 amide bonds. The van der Waals surface area contributed by atoms with Crippen LogP contribution in [0.15, 0.2) is 54.9 Å². The molecule has 28 heavy (non-hydrogen) atoms. The van der Waals surface area contributed by atoms with Crippen molar-refractivity contribution in [2.24, 2.45) is 5.73 Å². The van der Waals surface area contributed by atoms with Crippen LogP contribution in [0.5, 0.6) is 0 Å². The molecule has 0 aliphatic heterocycles. The van der Waals surface area contributed by atoms with E-state index in [0.29, 0.717) is 12.6 Å². The molecule has 1 aromatic carbocycles. The monoisotopic (exact) mass is 371 g/mol. The second-order valence-corrected chi connectivity index (χ2v) is 7.57. The summed E-state index contributed by atoms with van der Waals surface area (Å²) in [6.07, 6.45) is 7.26. The molecule has 1 atom stereocenters. The highest BCUT2D eigenvalue weighted by atomic mass is 15.2. The van der Waals surface area contributed by atoms with Crippen molar-refractivity contribution in [3.63, 3.8) is 0 Å². The van der Waals surface area contributed by atoms with E-state index in [0.717, 1.165) is 42.7 Å². The number of benzene rings is 1. The van der Waals surface area contributed by atoms with Gasteiger partial charge in [0.05, 0.1) is 22.9 Å². The lowest BCUT2D eigenvalue weighted by molar-refractivity contribution is 0.169. The van der Waals surface area contributed by atoms with Gasteiger partial charge in [-0.15, -0.1) is 0 Å². The molecule has 0 spiro atoms. The number of aryl methyl sites for hydroxylation is 1. The van der Waals surface area contributed by atoms with Gasteiger partial charge in [-0.2, -0.15) is 0 Å². The van der Waals surface area contributed by atoms with Gasteiger partial charge in [-0.05, 0) is 43.0 Å². The summed E-state index contributed by atoms with van der Waals surface area (Å²) in [5.41, 5.74) is 11.9. The van der Waals surface area contributed by atoms with E-state index in [2.05, 4.69) is 46.3 Å². The zero-order valence-electron chi connectivity index (χ0n) is 15.9. The van der Waals surface area contributed by atoms with E-state index < -0.39 is 0 Å². The summed E-state index contributed by atoms with van der Waals surface area (Å²) in [6.45, 7) is 2.22. The molecule has 142 valence electrons. The van der Waals surface area contributed by atoms with Gasteiger partial charge in [-0.1, -0.05) is 24.3 Å². The fourth-order valence-electron chi connectivity index (χ4n) is 4.59. The van der Waals surface area contributed by atoms with Crippen molar-refractivity contribution < 1.29 is 0 Å². The zero-order valence-corrected chi connectivity index (χ0v) is 15.9. The van der Waals surface area contributed by atoms with Crippen LogP contribution in [0.1, 0.15) is 35.8 Å². The summed E-state index contributed by atoms with van der Waals surface area (Å²) in [7, 11) is 0. The van der Waals surface area contributed by atoms with Crippen molar-refractivity contribution in [3.05, 3.63) is 71.8 Å². The molecule has 0 bridgehead atoms. The summed E-state index contributed by atoms with van der Waals surface area (Å²) in [5, 5.41) is 2.48. The van der Waals surface area contributed by atoms with Crippen molar-refractivity contribution in [3.8, 4) is 0 Å². The van der Waals surface area contributed by atoms with Gasteiger partial charge in [0.15, 0.2) is 0 Å². The highest BCUT2D eigenvalue weighted by Crippen LogP contribution is 2.34. The average Bonchev–Trinajstić information content (AvgIpc) is 3.13. The van der Waals surface area contributed by atoms with Gasteiger partial charge in [-0.3, -0.25) is 14.9 Å². The molecule has 4 aromatic rings. The van der Waals surface area contributed by atoms with Crippen LogP contribution in [0.3, 0.4) is 0 Å². The molecular formula is C23H25N5. The van der Waals surface area contributed by atoms with E-state index in [-0.39, 0.29) is 0 Å². The predicted molar refractivity (Wildman–Crippen MR) is 113 cm³/mol. The fraction of sp³-hybridized carbons (Fsp3) is 0.304. The lowest BCUT2D eigenvalue weighted by Crippen LogP contribution is -2.35. The van der Waals surface area contributed by atoms with Crippen LogP contribution in [-0.2, 0) is 13.0 Å². The minimum atomic E-state index is 0.301. The first kappa shape index (κ1) is 17.3. The number of H-pyrrole nitrogens is 1. The number of pyridine rings is 2. The van der Waals surface area contributed by atoms with Gasteiger partial charge < -0.3 is 10.7 Å². The van der Waals surface area contributed by atoms with Crippen molar-refractivity contribution in [2.75, 3.05) is 13.1 Å². The van der Waals surface area contributed by atoms with E-state index in [1.807, 2.05) is 18.5 Å². The molecule has 3 aromatic heterocycles. The van der Waals surface area contributed by atoms with E-state index in [1.54, 1.807) is 0 Å². The summed E-state index contributed by atoms with van der Waals surface area (Å²) in [4.78, 5) is 15.5. The molecule has 1 aliphatic rings. The molecule has 0 saturated carbocycles. The van der Waals surface area contributed by atoms with Crippen LogP contribution in [-0.4, -0.2) is 32.9 Å². The van der Waals surface area contributed by atoms with Crippen LogP contribution in [0.4, 0.5) is 0 Å². The number of aromatic nitrogens is 3. The second kappa shape index (κ2) is 7.34. The Hall–Kier alpha value is -2.76. The van der Waals surface area contributed by atoms with E-state index in [4.69, 9.17) is 15.7 Å². The normalized spacial score (nSPS) is 16.7. The van der Waals surface area contributed by atoms with Gasteiger partial charge in [0.1, 0.15) is 0 Å². The SMILES string of the molecule is NCCN(Cc1nccc2c1[nH]c1ccccc12)[C@H]1CCCc2cccnc21. The highest BCUT2D eigenvalue weighted by molar-refractivity contribution is 6.07. The Bertz CT molecular complexity index is 1120. The van der Waals surface area contributed by atoms with Gasteiger partial charge >= 0.3 is 0 Å². The Kier molecular flexibility index (Phi) is 4.55. The predicted octanol–water partition coefficient (Wildman–Crippen LogP) is 3.95. The molecule has 0 radical (unpaired) electrons. The summed E-state index contributed by atoms with van der Waals surface area (Å²) in [5.74, 6) is 0. The maximum atomic E-state index is 5.99. The van der Waals surface area contributed by atoms with Crippen LogP contribution >= 0.6 is 0 Å². The van der Waals surface area contributed by atoms with Crippen molar-refractivity contribution in [1.82, 2.24) is 19.9 Å². The molecule has 3 heterocycles. The molecule has 3 N–H and O–H groups in total. The van der Waals surface area contributed by atoms with Crippen LogP contribution in [0.2, 0.25) is 0 Å². The van der Waals surface area contributed by atoms with E-state index in [9.17, 15) is 0 Å². The fourth-order valence-corrected chi connectivity index (χ4v) is 4.59. The third-order valence-electron chi connectivity index (χ3n) is 5.88. The first-order valence-corrected chi connectivity index (χ1v) is 10.1. The lowest BCUT2D eigenvalue weighted by Gasteiger charge is -2.34. The minimum Gasteiger partial charge on any atom is -0.353 e. The van der Waals surface area contributed by atoms with Crippen LogP contribution in [0.25, 0.3) is 21.8 Å². The van der Waals surface area contributed by atoms with Gasteiger partial charge in [0.2, 0.25) is 0 Å². The number of fused-ring (bicyclic) bond motifs is 4. The molecule has 5 rings (SSSR count). The van der Waals surface area contributed by atoms with E-state index >= 15 is 0 Å². The number of hydrogen-bond acceptors (Lipinski definition) is 4. The number of para-hydroxylation sites is 1. The second-order valence-electron chi connectivity index (χ2n) is 7.57. The maximum absolute atomic E-state index is 5.99. The van der Waals surface area contributed by atoms with Crippen LogP contribution < -0.4 is 5.73 Å². The lowest BCUT2D eigenvalue weighted by atomic mass is 9.90. The Morgan fingerprint density at radius 1 is 1.04 bits per heavy atom. The topological polar surface area (TPSA) is 70.8 Å². The largest absolute Gasteiger partial charge is 0.353 e. The minimum absolute atomic E-state index is 0.301. The quantitative estimate of drug-likeness (QED) is 0.557. The number of rotatable bonds is 5. The summed E-state index contributed by atoms with van der Waals surface area (Å²) in [6, 6.07) is 15.1. The maximum Gasteiger partial charge on any atom is 0.0784 e. The first-order chi connectivity index (χ1) is 13.8. The van der Waals surface area contributed by atoms with Crippen molar-refractivity contribution in [1.29, 1.82) is 0 Å².